The monoisotopic (exact) mass is 463 g/mol. The molecule has 2 aliphatic rings. The van der Waals surface area contributed by atoms with Crippen LogP contribution in [-0.4, -0.2) is 34.4 Å². The molecular weight excluding hydrogens is 434 g/mol. The van der Waals surface area contributed by atoms with Crippen LogP contribution in [0.1, 0.15) is 29.5 Å². The molecule has 3 aromatic rings. The van der Waals surface area contributed by atoms with Crippen LogP contribution in [0, 0.1) is 5.92 Å². The molecule has 1 N–H and O–H groups in total. The van der Waals surface area contributed by atoms with E-state index in [4.69, 9.17) is 28.4 Å². The Bertz CT molecular complexity index is 1140. The fraction of sp³-hybridized carbons (Fsp3) is 0.333. The van der Waals surface area contributed by atoms with Crippen molar-refractivity contribution >= 4 is 0 Å². The van der Waals surface area contributed by atoms with Crippen molar-refractivity contribution < 1.29 is 28.4 Å². The highest BCUT2D eigenvalue weighted by atomic mass is 16.7. The van der Waals surface area contributed by atoms with Crippen molar-refractivity contribution in [3.8, 4) is 34.5 Å². The fourth-order valence-corrected chi connectivity index (χ4v) is 4.79. The Balaban J connectivity index is 1.57. The van der Waals surface area contributed by atoms with E-state index in [1.54, 1.807) is 21.3 Å². The highest BCUT2D eigenvalue weighted by Gasteiger charge is 2.39. The predicted molar refractivity (Wildman–Crippen MR) is 127 cm³/mol. The molecule has 2 aliphatic heterocycles. The van der Waals surface area contributed by atoms with Crippen molar-refractivity contribution in [3.05, 3.63) is 71.3 Å². The van der Waals surface area contributed by atoms with Crippen LogP contribution in [0.5, 0.6) is 34.5 Å². The van der Waals surface area contributed by atoms with Crippen molar-refractivity contribution in [2.24, 2.45) is 5.92 Å². The summed E-state index contributed by atoms with van der Waals surface area (Å²) < 4.78 is 34.6. The topological polar surface area (TPSA) is 67.4 Å². The maximum atomic E-state index is 6.47. The van der Waals surface area contributed by atoms with E-state index in [-0.39, 0.29) is 24.9 Å². The first kappa shape index (κ1) is 22.2. The summed E-state index contributed by atoms with van der Waals surface area (Å²) in [4.78, 5) is 0. The molecule has 0 bridgehead atoms. The molecule has 34 heavy (non-hydrogen) atoms. The van der Waals surface area contributed by atoms with E-state index >= 15 is 0 Å². The second-order valence-corrected chi connectivity index (χ2v) is 8.44. The molecule has 7 nitrogen and oxygen atoms in total. The summed E-state index contributed by atoms with van der Waals surface area (Å²) in [5, 5.41) is 3.59. The van der Waals surface area contributed by atoms with Gasteiger partial charge in [0.15, 0.2) is 29.2 Å². The van der Waals surface area contributed by atoms with Crippen molar-refractivity contribution in [2.75, 3.05) is 28.1 Å². The van der Waals surface area contributed by atoms with E-state index in [2.05, 4.69) is 24.4 Å². The normalized spacial score (nSPS) is 20.3. The minimum atomic E-state index is -0.225. The van der Waals surface area contributed by atoms with Gasteiger partial charge < -0.3 is 28.4 Å². The number of benzene rings is 3. The zero-order valence-electron chi connectivity index (χ0n) is 19.8. The third kappa shape index (κ3) is 3.96. The summed E-state index contributed by atoms with van der Waals surface area (Å²) in [5.41, 5.74) is 3.26. The van der Waals surface area contributed by atoms with Gasteiger partial charge >= 0.3 is 0 Å². The van der Waals surface area contributed by atoms with Crippen molar-refractivity contribution in [1.29, 1.82) is 0 Å². The van der Waals surface area contributed by atoms with Gasteiger partial charge in [0, 0.05) is 30.0 Å². The number of nitrogens with one attached hydrogen (secondary N) is 1. The van der Waals surface area contributed by atoms with E-state index in [1.807, 2.05) is 42.5 Å². The number of fused-ring (bicyclic) bond motifs is 2. The maximum Gasteiger partial charge on any atom is 0.231 e. The molecule has 0 amide bonds. The second-order valence-electron chi connectivity index (χ2n) is 8.44. The largest absolute Gasteiger partial charge is 0.493 e. The quantitative estimate of drug-likeness (QED) is 0.544. The van der Waals surface area contributed by atoms with Gasteiger partial charge in [0.2, 0.25) is 12.5 Å². The molecule has 0 aliphatic carbocycles. The van der Waals surface area contributed by atoms with E-state index < -0.39 is 0 Å². The molecule has 178 valence electrons. The van der Waals surface area contributed by atoms with Gasteiger partial charge in [-0.2, -0.15) is 0 Å². The molecule has 0 saturated heterocycles. The Morgan fingerprint density at radius 1 is 0.853 bits per heavy atom. The SMILES string of the molecule is COc1cc([C@H]2c3cc4c(cc3O[C@H](NCc3ccccc3)[C@H]2C)OCO4)cc(OC)c1OC. The van der Waals surface area contributed by atoms with Gasteiger partial charge in [0.05, 0.1) is 21.3 Å². The van der Waals surface area contributed by atoms with Gasteiger partial charge in [-0.3, -0.25) is 5.32 Å². The number of ether oxygens (including phenoxy) is 6. The number of rotatable bonds is 7. The average molecular weight is 464 g/mol. The van der Waals surface area contributed by atoms with Crippen LogP contribution in [0.3, 0.4) is 0 Å². The highest BCUT2D eigenvalue weighted by Crippen LogP contribution is 2.51. The van der Waals surface area contributed by atoms with Crippen LogP contribution in [0.4, 0.5) is 0 Å². The first-order valence-electron chi connectivity index (χ1n) is 11.3. The summed E-state index contributed by atoms with van der Waals surface area (Å²) in [6.45, 7) is 3.08. The molecule has 0 unspecified atom stereocenters. The lowest BCUT2D eigenvalue weighted by molar-refractivity contribution is 0.0775. The van der Waals surface area contributed by atoms with Crippen LogP contribution in [0.15, 0.2) is 54.6 Å². The molecule has 5 rings (SSSR count). The number of hydrogen-bond acceptors (Lipinski definition) is 7. The van der Waals surface area contributed by atoms with E-state index in [9.17, 15) is 0 Å². The predicted octanol–water partition coefficient (Wildman–Crippen LogP) is 4.72. The summed E-state index contributed by atoms with van der Waals surface area (Å²) in [6.07, 6.45) is -0.225. The third-order valence-corrected chi connectivity index (χ3v) is 6.49. The van der Waals surface area contributed by atoms with Gasteiger partial charge in [0.1, 0.15) is 5.75 Å². The van der Waals surface area contributed by atoms with E-state index in [1.165, 1.54) is 5.56 Å². The van der Waals surface area contributed by atoms with Crippen LogP contribution in [0.2, 0.25) is 0 Å². The van der Waals surface area contributed by atoms with Crippen LogP contribution in [0.25, 0.3) is 0 Å². The lowest BCUT2D eigenvalue weighted by atomic mass is 9.78. The molecule has 0 fully saturated rings. The Hall–Kier alpha value is -3.58. The second kappa shape index (κ2) is 9.35. The summed E-state index contributed by atoms with van der Waals surface area (Å²) in [5.74, 6) is 4.06. The fourth-order valence-electron chi connectivity index (χ4n) is 4.79. The van der Waals surface area contributed by atoms with Gasteiger partial charge in [-0.05, 0) is 29.3 Å². The van der Waals surface area contributed by atoms with Gasteiger partial charge in [-0.15, -0.1) is 0 Å². The first-order valence-corrected chi connectivity index (χ1v) is 11.3. The Morgan fingerprint density at radius 2 is 1.53 bits per heavy atom. The van der Waals surface area contributed by atoms with E-state index in [0.717, 1.165) is 22.6 Å². The number of methoxy groups -OCH3 is 3. The minimum absolute atomic E-state index is 0.0137. The van der Waals surface area contributed by atoms with Crippen LogP contribution in [-0.2, 0) is 6.54 Å². The Morgan fingerprint density at radius 3 is 2.18 bits per heavy atom. The minimum Gasteiger partial charge on any atom is -0.493 e. The van der Waals surface area contributed by atoms with Crippen molar-refractivity contribution in [1.82, 2.24) is 5.32 Å². The van der Waals surface area contributed by atoms with E-state index in [0.29, 0.717) is 29.5 Å². The van der Waals surface area contributed by atoms with Crippen molar-refractivity contribution in [2.45, 2.75) is 25.6 Å². The first-order chi connectivity index (χ1) is 16.6. The molecule has 2 heterocycles. The summed E-state index contributed by atoms with van der Waals surface area (Å²) in [6, 6.07) is 18.3. The van der Waals surface area contributed by atoms with Crippen LogP contribution >= 0.6 is 0 Å². The molecule has 7 heteroatoms. The van der Waals surface area contributed by atoms with Crippen molar-refractivity contribution in [3.63, 3.8) is 0 Å². The molecule has 0 spiro atoms. The van der Waals surface area contributed by atoms with Gasteiger partial charge in [-0.25, -0.2) is 0 Å². The Kier molecular flexibility index (Phi) is 6.11. The third-order valence-electron chi connectivity index (χ3n) is 6.49. The summed E-state index contributed by atoms with van der Waals surface area (Å²) in [7, 11) is 4.87. The molecular formula is C27H29NO6. The standard InChI is InChI=1S/C27H29NO6/c1-16-25(18-10-23(29-2)26(31-4)24(11-18)30-3)19-12-21-22(33-15-32-21)13-20(19)34-27(16)28-14-17-8-6-5-7-9-17/h5-13,16,25,27-28H,14-15H2,1-4H3/t16-,25-,27-/m0/s1. The Labute approximate surface area is 199 Å². The summed E-state index contributed by atoms with van der Waals surface area (Å²) >= 11 is 0. The zero-order valence-corrected chi connectivity index (χ0v) is 19.8. The van der Waals surface area contributed by atoms with Gasteiger partial charge in [-0.1, -0.05) is 37.3 Å². The molecule has 3 aromatic carbocycles. The highest BCUT2D eigenvalue weighted by molar-refractivity contribution is 5.60. The molecule has 0 saturated carbocycles. The average Bonchev–Trinajstić information content (AvgIpc) is 3.33. The molecule has 0 radical (unpaired) electrons. The zero-order chi connectivity index (χ0) is 23.7. The lowest BCUT2D eigenvalue weighted by Crippen LogP contribution is -2.45. The van der Waals surface area contributed by atoms with Crippen LogP contribution < -0.4 is 33.7 Å². The number of hydrogen-bond donors (Lipinski definition) is 1. The lowest BCUT2D eigenvalue weighted by Gasteiger charge is -2.39. The molecule has 3 atom stereocenters. The molecule has 0 aromatic heterocycles. The maximum absolute atomic E-state index is 6.47. The smallest absolute Gasteiger partial charge is 0.231 e. The van der Waals surface area contributed by atoms with Gasteiger partial charge in [0.25, 0.3) is 0 Å².